The minimum atomic E-state index is -0.869. The Labute approximate surface area is 181 Å². The number of Topliss-reactive ketones (excluding diaryl/α,β-unsaturated/α-hetero) is 2. The van der Waals surface area contributed by atoms with E-state index >= 15 is 0 Å². The molecule has 6 nitrogen and oxygen atoms in total. The Morgan fingerprint density at radius 2 is 1.61 bits per heavy atom. The van der Waals surface area contributed by atoms with Crippen molar-refractivity contribution in [3.63, 3.8) is 0 Å². The smallest absolute Gasteiger partial charge is 0.174 e. The maximum absolute atomic E-state index is 12.7. The predicted octanol–water partition coefficient (Wildman–Crippen LogP) is 4.25. The summed E-state index contributed by atoms with van der Waals surface area (Å²) in [5, 5.41) is 40.1. The van der Waals surface area contributed by atoms with Crippen LogP contribution in [0.3, 0.4) is 0 Å². The quantitative estimate of drug-likeness (QED) is 0.272. The van der Waals surface area contributed by atoms with Crippen molar-refractivity contribution in [1.29, 1.82) is 0 Å². The van der Waals surface area contributed by atoms with Crippen LogP contribution in [0.5, 0.6) is 17.2 Å². The van der Waals surface area contributed by atoms with E-state index in [-0.39, 0.29) is 29.0 Å². The Morgan fingerprint density at radius 3 is 2.23 bits per heavy atom. The molecule has 0 saturated carbocycles. The molecule has 2 aromatic carbocycles. The number of aliphatic hydroxyl groups is 1. The van der Waals surface area contributed by atoms with Crippen LogP contribution in [0.1, 0.15) is 59.0 Å². The summed E-state index contributed by atoms with van der Waals surface area (Å²) in [7, 11) is 0. The number of phenols is 3. The molecule has 0 aliphatic carbocycles. The van der Waals surface area contributed by atoms with Gasteiger partial charge in [0.1, 0.15) is 17.2 Å². The largest absolute Gasteiger partial charge is 0.508 e. The molecule has 0 aliphatic rings. The van der Waals surface area contributed by atoms with E-state index in [1.165, 1.54) is 24.3 Å². The minimum absolute atomic E-state index is 0.0417. The summed E-state index contributed by atoms with van der Waals surface area (Å²) in [4.78, 5) is 25.4. The lowest BCUT2D eigenvalue weighted by atomic mass is 9.95. The number of aliphatic hydroxyl groups excluding tert-OH is 1. The van der Waals surface area contributed by atoms with Crippen molar-refractivity contribution in [2.45, 2.75) is 46.1 Å². The number of hydrogen-bond donors (Lipinski definition) is 4. The molecule has 6 heteroatoms. The van der Waals surface area contributed by atoms with Gasteiger partial charge in [-0.15, -0.1) is 0 Å². The number of rotatable bonds is 9. The van der Waals surface area contributed by atoms with Gasteiger partial charge >= 0.3 is 0 Å². The number of aromatic hydroxyl groups is 3. The summed E-state index contributed by atoms with van der Waals surface area (Å²) in [5.74, 6) is -1.67. The Morgan fingerprint density at radius 1 is 0.935 bits per heavy atom. The SMILES string of the molecule is C=C(C)[C@H](O)Cc1cc(C(=O)CC(=O)c2cc(CC=C(C)C)c(O)cc2O)ccc1O. The molecule has 0 aromatic heterocycles. The molecule has 0 aliphatic heterocycles. The highest BCUT2D eigenvalue weighted by atomic mass is 16.3. The van der Waals surface area contributed by atoms with Crippen molar-refractivity contribution >= 4 is 11.6 Å². The molecule has 1 atom stereocenters. The zero-order valence-electron chi connectivity index (χ0n) is 18.0. The number of ketones is 2. The first-order valence-electron chi connectivity index (χ1n) is 9.89. The number of phenolic OH excluding ortho intramolecular Hbond substituents is 3. The zero-order chi connectivity index (χ0) is 23.3. The number of allylic oxidation sites excluding steroid dienone is 2. The minimum Gasteiger partial charge on any atom is -0.508 e. The molecule has 0 saturated heterocycles. The van der Waals surface area contributed by atoms with Crippen molar-refractivity contribution in [2.24, 2.45) is 0 Å². The topological polar surface area (TPSA) is 115 Å². The van der Waals surface area contributed by atoms with E-state index in [0.717, 1.165) is 11.6 Å². The predicted molar refractivity (Wildman–Crippen MR) is 119 cm³/mol. The van der Waals surface area contributed by atoms with Crippen molar-refractivity contribution in [1.82, 2.24) is 0 Å². The van der Waals surface area contributed by atoms with Gasteiger partial charge in [0.25, 0.3) is 0 Å². The second kappa shape index (κ2) is 10.1. The van der Waals surface area contributed by atoms with Crippen molar-refractivity contribution in [3.8, 4) is 17.2 Å². The summed E-state index contributed by atoms with van der Waals surface area (Å²) >= 11 is 0. The van der Waals surface area contributed by atoms with E-state index < -0.39 is 29.8 Å². The first-order chi connectivity index (χ1) is 14.5. The van der Waals surface area contributed by atoms with Crippen LogP contribution in [0, 0.1) is 0 Å². The highest BCUT2D eigenvalue weighted by Gasteiger charge is 2.20. The van der Waals surface area contributed by atoms with Crippen LogP contribution in [-0.2, 0) is 12.8 Å². The number of benzene rings is 2. The summed E-state index contributed by atoms with van der Waals surface area (Å²) in [6.07, 6.45) is 0.986. The molecule has 164 valence electrons. The van der Waals surface area contributed by atoms with Crippen LogP contribution in [0.25, 0.3) is 0 Å². The monoisotopic (exact) mass is 424 g/mol. The van der Waals surface area contributed by atoms with Gasteiger partial charge < -0.3 is 20.4 Å². The fourth-order valence-electron chi connectivity index (χ4n) is 2.97. The second-order valence-corrected chi connectivity index (χ2v) is 7.92. The fraction of sp³-hybridized carbons (Fsp3) is 0.280. The standard InChI is InChI=1S/C25H28O6/c1-14(2)5-6-17-10-19(25(31)13-23(17)29)24(30)12-22(28)16-7-8-20(26)18(9-16)11-21(27)15(3)4/h5,7-10,13,21,26-27,29,31H,3,6,11-12H2,1-2,4H3/t21-/m1/s1. The van der Waals surface area contributed by atoms with Gasteiger partial charge in [0, 0.05) is 18.1 Å². The Hall–Kier alpha value is -3.38. The molecule has 0 bridgehead atoms. The van der Waals surface area contributed by atoms with Gasteiger partial charge in [0.05, 0.1) is 18.1 Å². The Balaban J connectivity index is 2.24. The Bertz CT molecular complexity index is 1040. The van der Waals surface area contributed by atoms with E-state index in [1.54, 1.807) is 6.92 Å². The van der Waals surface area contributed by atoms with Gasteiger partial charge in [-0.1, -0.05) is 23.8 Å². The van der Waals surface area contributed by atoms with E-state index in [1.807, 2.05) is 19.9 Å². The normalized spacial score (nSPS) is 11.6. The van der Waals surface area contributed by atoms with Gasteiger partial charge in [-0.3, -0.25) is 9.59 Å². The number of hydrogen-bond acceptors (Lipinski definition) is 6. The summed E-state index contributed by atoms with van der Waals surface area (Å²) in [6, 6.07) is 6.68. The molecule has 0 spiro atoms. The average molecular weight is 424 g/mol. The fourth-order valence-corrected chi connectivity index (χ4v) is 2.97. The maximum Gasteiger partial charge on any atom is 0.174 e. The zero-order valence-corrected chi connectivity index (χ0v) is 18.0. The summed E-state index contributed by atoms with van der Waals surface area (Å²) in [6.45, 7) is 9.14. The van der Waals surface area contributed by atoms with Crippen molar-refractivity contribution < 1.29 is 30.0 Å². The molecule has 0 heterocycles. The van der Waals surface area contributed by atoms with Gasteiger partial charge in [0.15, 0.2) is 11.6 Å². The molecule has 0 unspecified atom stereocenters. The van der Waals surface area contributed by atoms with Crippen LogP contribution in [0.4, 0.5) is 0 Å². The molecular formula is C25H28O6. The molecule has 2 rings (SSSR count). The van der Waals surface area contributed by atoms with E-state index in [4.69, 9.17) is 0 Å². The molecule has 2 aromatic rings. The lowest BCUT2D eigenvalue weighted by Crippen LogP contribution is -2.13. The van der Waals surface area contributed by atoms with Crippen molar-refractivity contribution in [2.75, 3.05) is 0 Å². The Kier molecular flexibility index (Phi) is 7.78. The molecule has 4 N–H and O–H groups in total. The summed E-state index contributed by atoms with van der Waals surface area (Å²) < 4.78 is 0. The molecule has 0 amide bonds. The highest BCUT2D eigenvalue weighted by molar-refractivity contribution is 6.14. The second-order valence-electron chi connectivity index (χ2n) is 7.92. The van der Waals surface area contributed by atoms with Gasteiger partial charge in [0.2, 0.25) is 0 Å². The van der Waals surface area contributed by atoms with E-state index in [2.05, 4.69) is 6.58 Å². The van der Waals surface area contributed by atoms with E-state index in [9.17, 15) is 30.0 Å². The van der Waals surface area contributed by atoms with Crippen molar-refractivity contribution in [3.05, 3.63) is 76.4 Å². The van der Waals surface area contributed by atoms with Gasteiger partial charge in [-0.2, -0.15) is 0 Å². The lowest BCUT2D eigenvalue weighted by Gasteiger charge is -2.13. The lowest BCUT2D eigenvalue weighted by molar-refractivity contribution is 0.0893. The summed E-state index contributed by atoms with van der Waals surface area (Å²) in [5.41, 5.74) is 2.56. The van der Waals surface area contributed by atoms with Crippen LogP contribution in [-0.4, -0.2) is 38.1 Å². The van der Waals surface area contributed by atoms with Crippen LogP contribution in [0.15, 0.2) is 54.1 Å². The molecular weight excluding hydrogens is 396 g/mol. The maximum atomic E-state index is 12.7. The average Bonchev–Trinajstić information content (AvgIpc) is 2.68. The first kappa shape index (κ1) is 23.9. The third-order valence-corrected chi connectivity index (χ3v) is 4.93. The molecule has 31 heavy (non-hydrogen) atoms. The van der Waals surface area contributed by atoms with Crippen LogP contribution in [0.2, 0.25) is 0 Å². The van der Waals surface area contributed by atoms with Gasteiger partial charge in [-0.25, -0.2) is 0 Å². The third-order valence-electron chi connectivity index (χ3n) is 4.93. The van der Waals surface area contributed by atoms with Gasteiger partial charge in [-0.05, 0) is 62.6 Å². The first-order valence-corrected chi connectivity index (χ1v) is 9.89. The van der Waals surface area contributed by atoms with Crippen LogP contribution >= 0.6 is 0 Å². The molecule has 0 radical (unpaired) electrons. The number of carbonyl (C=O) groups excluding carboxylic acids is 2. The van der Waals surface area contributed by atoms with E-state index in [0.29, 0.717) is 23.1 Å². The van der Waals surface area contributed by atoms with Crippen LogP contribution < -0.4 is 0 Å². The highest BCUT2D eigenvalue weighted by Crippen LogP contribution is 2.30. The third kappa shape index (κ3) is 6.30. The molecule has 0 fully saturated rings. The number of carbonyl (C=O) groups is 2.